The Morgan fingerprint density at radius 1 is 1.11 bits per heavy atom. The molecular formula is C27H30N8O2S. The molecular weight excluding hydrogens is 500 g/mol. The van der Waals surface area contributed by atoms with E-state index >= 15 is 0 Å². The quantitative estimate of drug-likeness (QED) is 0.389. The van der Waals surface area contributed by atoms with Gasteiger partial charge < -0.3 is 20.2 Å². The van der Waals surface area contributed by atoms with Gasteiger partial charge in [-0.25, -0.2) is 15.0 Å². The van der Waals surface area contributed by atoms with Crippen molar-refractivity contribution in [2.45, 2.75) is 30.9 Å². The van der Waals surface area contributed by atoms with Gasteiger partial charge in [0.1, 0.15) is 10.7 Å². The molecule has 2 aliphatic rings. The molecule has 10 nitrogen and oxygen atoms in total. The van der Waals surface area contributed by atoms with E-state index in [4.69, 9.17) is 4.98 Å². The molecule has 1 aromatic carbocycles. The lowest BCUT2D eigenvalue weighted by Gasteiger charge is -2.28. The molecule has 6 rings (SSSR count). The van der Waals surface area contributed by atoms with E-state index in [0.717, 1.165) is 47.9 Å². The standard InChI is InChI=1S/C27H30N8O2S/c1-33-11-7-21(8-12-33)35-16-20(15-29-35)30-26-28-10-6-22(32-26)24-31-23(17-38-24)18-4-3-5-19(14-18)27(37)9-13-34(2)25(27)36/h3-6,10,14-17,21,37H,7-9,11-13H2,1-2H3,(H,28,30,32). The van der Waals surface area contributed by atoms with Gasteiger partial charge in [-0.3, -0.25) is 9.48 Å². The zero-order valence-electron chi connectivity index (χ0n) is 21.4. The Labute approximate surface area is 225 Å². The molecule has 2 fully saturated rings. The molecule has 4 aromatic rings. The number of likely N-dealkylation sites (N-methyl/N-ethyl adjacent to an activating group) is 1. The zero-order valence-corrected chi connectivity index (χ0v) is 22.2. The van der Waals surface area contributed by atoms with E-state index in [1.54, 1.807) is 24.2 Å². The molecule has 2 N–H and O–H groups in total. The van der Waals surface area contributed by atoms with Crippen LogP contribution in [0.2, 0.25) is 0 Å². The maximum atomic E-state index is 12.6. The second-order valence-corrected chi connectivity index (χ2v) is 10.9. The zero-order chi connectivity index (χ0) is 26.3. The van der Waals surface area contributed by atoms with Crippen molar-refractivity contribution in [2.75, 3.05) is 39.0 Å². The fourth-order valence-electron chi connectivity index (χ4n) is 5.11. The van der Waals surface area contributed by atoms with Crippen molar-refractivity contribution in [3.05, 3.63) is 59.9 Å². The molecule has 0 aliphatic carbocycles. The first kappa shape index (κ1) is 24.7. The summed E-state index contributed by atoms with van der Waals surface area (Å²) in [5.41, 5.74) is 2.27. The Kier molecular flexibility index (Phi) is 6.42. The van der Waals surface area contributed by atoms with Crippen molar-refractivity contribution >= 4 is 28.9 Å². The van der Waals surface area contributed by atoms with E-state index in [9.17, 15) is 9.90 Å². The van der Waals surface area contributed by atoms with Crippen LogP contribution in [0.1, 0.15) is 30.9 Å². The summed E-state index contributed by atoms with van der Waals surface area (Å²) in [6.45, 7) is 2.69. The van der Waals surface area contributed by atoms with Crippen molar-refractivity contribution in [3.63, 3.8) is 0 Å². The van der Waals surface area contributed by atoms with Crippen LogP contribution < -0.4 is 5.32 Å². The molecule has 0 radical (unpaired) electrons. The second-order valence-electron chi connectivity index (χ2n) is 10.1. The number of hydrogen-bond donors (Lipinski definition) is 2. The minimum atomic E-state index is -1.49. The number of anilines is 2. The summed E-state index contributed by atoms with van der Waals surface area (Å²) in [7, 11) is 3.87. The number of carbonyl (C=O) groups is 1. The normalized spacial score (nSPS) is 20.8. The number of rotatable bonds is 6. The largest absolute Gasteiger partial charge is 0.375 e. The number of amides is 1. The van der Waals surface area contributed by atoms with Crippen molar-refractivity contribution < 1.29 is 9.90 Å². The third kappa shape index (κ3) is 4.68. The van der Waals surface area contributed by atoms with Gasteiger partial charge in [-0.1, -0.05) is 18.2 Å². The van der Waals surface area contributed by atoms with Crippen LogP contribution in [0.5, 0.6) is 0 Å². The topological polar surface area (TPSA) is 112 Å². The number of likely N-dealkylation sites (tertiary alicyclic amines) is 2. The highest BCUT2D eigenvalue weighted by atomic mass is 32.1. The summed E-state index contributed by atoms with van der Waals surface area (Å²) >= 11 is 1.49. The number of carbonyl (C=O) groups excluding carboxylic acids is 1. The first-order valence-electron chi connectivity index (χ1n) is 12.8. The number of hydrogen-bond acceptors (Lipinski definition) is 9. The van der Waals surface area contributed by atoms with Gasteiger partial charge in [0.2, 0.25) is 5.95 Å². The average Bonchev–Trinajstić information content (AvgIpc) is 3.67. The smallest absolute Gasteiger partial charge is 0.258 e. The number of aromatic nitrogens is 5. The highest BCUT2D eigenvalue weighted by molar-refractivity contribution is 7.13. The molecule has 196 valence electrons. The molecule has 1 amide bonds. The molecule has 11 heteroatoms. The number of benzene rings is 1. The summed E-state index contributed by atoms with van der Waals surface area (Å²) in [5.74, 6) is 0.210. The molecule has 1 unspecified atom stereocenters. The number of nitrogens with one attached hydrogen (secondary N) is 1. The van der Waals surface area contributed by atoms with E-state index in [0.29, 0.717) is 36.2 Å². The lowest BCUT2D eigenvalue weighted by Crippen LogP contribution is -2.36. The summed E-state index contributed by atoms with van der Waals surface area (Å²) in [6.07, 6.45) is 8.09. The van der Waals surface area contributed by atoms with Crippen LogP contribution in [0.3, 0.4) is 0 Å². The van der Waals surface area contributed by atoms with Gasteiger partial charge in [0.25, 0.3) is 5.91 Å². The lowest BCUT2D eigenvalue weighted by molar-refractivity contribution is -0.143. The predicted molar refractivity (Wildman–Crippen MR) is 146 cm³/mol. The van der Waals surface area contributed by atoms with Gasteiger partial charge in [0.15, 0.2) is 5.60 Å². The van der Waals surface area contributed by atoms with Crippen molar-refractivity contribution in [1.82, 2.24) is 34.5 Å². The van der Waals surface area contributed by atoms with Crippen LogP contribution in [-0.4, -0.2) is 79.3 Å². The highest BCUT2D eigenvalue weighted by Gasteiger charge is 2.45. The van der Waals surface area contributed by atoms with E-state index in [1.807, 2.05) is 46.7 Å². The number of thiazole rings is 1. The summed E-state index contributed by atoms with van der Waals surface area (Å²) in [4.78, 5) is 30.3. The summed E-state index contributed by atoms with van der Waals surface area (Å²) in [5, 5.41) is 21.6. The SMILES string of the molecule is CN1CCC(n2cc(Nc3nccc(-c4nc(-c5cccc(C6(O)CCN(C)C6=O)c5)cs4)n3)cn2)CC1. The summed E-state index contributed by atoms with van der Waals surface area (Å²) < 4.78 is 2.04. The van der Waals surface area contributed by atoms with Gasteiger partial charge in [-0.05, 0) is 50.7 Å². The van der Waals surface area contributed by atoms with E-state index in [1.165, 1.54) is 11.3 Å². The van der Waals surface area contributed by atoms with Crippen molar-refractivity contribution in [3.8, 4) is 22.0 Å². The first-order chi connectivity index (χ1) is 18.4. The molecule has 1 atom stereocenters. The van der Waals surface area contributed by atoms with Gasteiger partial charge >= 0.3 is 0 Å². The molecule has 0 spiro atoms. The lowest BCUT2D eigenvalue weighted by atomic mass is 9.90. The first-order valence-corrected chi connectivity index (χ1v) is 13.6. The maximum absolute atomic E-state index is 12.6. The molecule has 5 heterocycles. The third-order valence-corrected chi connectivity index (χ3v) is 8.31. The maximum Gasteiger partial charge on any atom is 0.258 e. The van der Waals surface area contributed by atoms with Crippen molar-refractivity contribution in [2.24, 2.45) is 0 Å². The Morgan fingerprint density at radius 2 is 1.95 bits per heavy atom. The second kappa shape index (κ2) is 9.90. The Balaban J connectivity index is 1.18. The summed E-state index contributed by atoms with van der Waals surface area (Å²) in [6, 6.07) is 9.68. The van der Waals surface area contributed by atoms with Crippen LogP contribution in [0.25, 0.3) is 22.0 Å². The molecule has 2 saturated heterocycles. The minimum Gasteiger partial charge on any atom is -0.375 e. The van der Waals surface area contributed by atoms with Crippen LogP contribution in [-0.2, 0) is 10.4 Å². The molecule has 0 saturated carbocycles. The van der Waals surface area contributed by atoms with Crippen LogP contribution in [0.15, 0.2) is 54.3 Å². The molecule has 0 bridgehead atoms. The third-order valence-electron chi connectivity index (χ3n) is 7.44. The Hall–Kier alpha value is -3.67. The van der Waals surface area contributed by atoms with E-state index in [2.05, 4.69) is 32.3 Å². The van der Waals surface area contributed by atoms with Crippen LogP contribution in [0.4, 0.5) is 11.6 Å². The molecule has 2 aliphatic heterocycles. The van der Waals surface area contributed by atoms with E-state index in [-0.39, 0.29) is 5.91 Å². The average molecular weight is 531 g/mol. The van der Waals surface area contributed by atoms with Gasteiger partial charge in [-0.15, -0.1) is 11.3 Å². The van der Waals surface area contributed by atoms with Crippen LogP contribution in [0, 0.1) is 0 Å². The Morgan fingerprint density at radius 3 is 2.74 bits per heavy atom. The van der Waals surface area contributed by atoms with Crippen molar-refractivity contribution in [1.29, 1.82) is 0 Å². The van der Waals surface area contributed by atoms with Crippen LogP contribution >= 0.6 is 11.3 Å². The van der Waals surface area contributed by atoms with E-state index < -0.39 is 5.60 Å². The number of nitrogens with zero attached hydrogens (tertiary/aromatic N) is 7. The predicted octanol–water partition coefficient (Wildman–Crippen LogP) is 3.52. The molecule has 3 aromatic heterocycles. The fraction of sp³-hybridized carbons (Fsp3) is 0.370. The minimum absolute atomic E-state index is 0.272. The van der Waals surface area contributed by atoms with Gasteiger partial charge in [0.05, 0.1) is 23.6 Å². The highest BCUT2D eigenvalue weighted by Crippen LogP contribution is 2.35. The monoisotopic (exact) mass is 530 g/mol. The molecule has 38 heavy (non-hydrogen) atoms. The fourth-order valence-corrected chi connectivity index (χ4v) is 5.91. The number of piperidine rings is 1. The van der Waals surface area contributed by atoms with Gasteiger partial charge in [-0.2, -0.15) is 5.10 Å². The Bertz CT molecular complexity index is 1460. The number of aliphatic hydroxyl groups is 1. The van der Waals surface area contributed by atoms with Gasteiger partial charge in [0, 0.05) is 43.4 Å².